The van der Waals surface area contributed by atoms with E-state index < -0.39 is 16.8 Å². The van der Waals surface area contributed by atoms with E-state index in [1.165, 1.54) is 19.2 Å². The van der Waals surface area contributed by atoms with Crippen LogP contribution in [0, 0.1) is 0 Å². The Labute approximate surface area is 107 Å². The molecule has 0 aliphatic heterocycles. The summed E-state index contributed by atoms with van der Waals surface area (Å²) in [5, 5.41) is 9.03. The molecular formula is C11H13ClO4S. The maximum atomic E-state index is 11.9. The fourth-order valence-electron chi connectivity index (χ4n) is 1.19. The van der Waals surface area contributed by atoms with Gasteiger partial charge in [-0.3, -0.25) is 4.21 Å². The van der Waals surface area contributed by atoms with E-state index in [0.29, 0.717) is 10.6 Å². The zero-order valence-electron chi connectivity index (χ0n) is 9.47. The summed E-state index contributed by atoms with van der Waals surface area (Å²) in [6, 6.07) is 4.34. The fraction of sp³-hybridized carbons (Fsp3) is 0.364. The Kier molecular flexibility index (Phi) is 5.11. The maximum Gasteiger partial charge on any atom is 0.337 e. The number of carboxylic acids is 1. The number of halogens is 1. The number of carboxylic acid groups (broad SMARTS) is 1. The normalized spacial score (nSPS) is 14.3. The third kappa shape index (κ3) is 3.80. The van der Waals surface area contributed by atoms with E-state index in [1.54, 1.807) is 13.0 Å². The van der Waals surface area contributed by atoms with Crippen molar-refractivity contribution in [2.45, 2.75) is 17.9 Å². The summed E-state index contributed by atoms with van der Waals surface area (Å²) in [6.45, 7) is 1.80. The number of rotatable bonds is 5. The first-order valence-electron chi connectivity index (χ1n) is 4.89. The van der Waals surface area contributed by atoms with E-state index >= 15 is 0 Å². The van der Waals surface area contributed by atoms with Gasteiger partial charge < -0.3 is 9.84 Å². The molecule has 1 rings (SSSR count). The van der Waals surface area contributed by atoms with Gasteiger partial charge in [-0.05, 0) is 25.1 Å². The minimum absolute atomic E-state index is 0.0393. The van der Waals surface area contributed by atoms with Crippen LogP contribution in [0.1, 0.15) is 17.3 Å². The van der Waals surface area contributed by atoms with Gasteiger partial charge in [0.15, 0.2) is 0 Å². The minimum atomic E-state index is -1.30. The average Bonchev–Trinajstić information content (AvgIpc) is 2.28. The van der Waals surface area contributed by atoms with Gasteiger partial charge in [0, 0.05) is 12.0 Å². The highest BCUT2D eigenvalue weighted by Crippen LogP contribution is 2.20. The Morgan fingerprint density at radius 1 is 1.59 bits per heavy atom. The van der Waals surface area contributed by atoms with Crippen LogP contribution in [-0.4, -0.2) is 34.3 Å². The van der Waals surface area contributed by atoms with Gasteiger partial charge in [-0.25, -0.2) is 4.79 Å². The number of benzene rings is 1. The van der Waals surface area contributed by atoms with Gasteiger partial charge in [0.25, 0.3) is 0 Å². The topological polar surface area (TPSA) is 63.6 Å². The summed E-state index contributed by atoms with van der Waals surface area (Å²) in [5.74, 6) is -0.814. The smallest absolute Gasteiger partial charge is 0.337 e. The molecule has 0 aliphatic rings. The van der Waals surface area contributed by atoms with E-state index in [-0.39, 0.29) is 16.7 Å². The van der Waals surface area contributed by atoms with Crippen LogP contribution in [0.25, 0.3) is 0 Å². The molecular weight excluding hydrogens is 264 g/mol. The molecule has 94 valence electrons. The van der Waals surface area contributed by atoms with E-state index in [4.69, 9.17) is 21.4 Å². The third-order valence-corrected chi connectivity index (χ3v) is 4.10. The van der Waals surface area contributed by atoms with Gasteiger partial charge in [-0.2, -0.15) is 0 Å². The molecule has 1 aromatic rings. The molecule has 0 heterocycles. The largest absolute Gasteiger partial charge is 0.478 e. The monoisotopic (exact) mass is 276 g/mol. The summed E-state index contributed by atoms with van der Waals surface area (Å²) in [4.78, 5) is 11.3. The molecule has 0 amide bonds. The summed E-state index contributed by atoms with van der Waals surface area (Å²) >= 11 is 5.72. The lowest BCUT2D eigenvalue weighted by atomic mass is 10.2. The first-order valence-corrected chi connectivity index (χ1v) is 6.59. The zero-order chi connectivity index (χ0) is 13.0. The number of hydrogen-bond acceptors (Lipinski definition) is 3. The summed E-state index contributed by atoms with van der Waals surface area (Å²) < 4.78 is 16.9. The zero-order valence-corrected chi connectivity index (χ0v) is 11.0. The number of ether oxygens (including phenoxy) is 1. The Balaban J connectivity index is 2.96. The van der Waals surface area contributed by atoms with Gasteiger partial charge >= 0.3 is 5.97 Å². The van der Waals surface area contributed by atoms with Gasteiger partial charge in [-0.15, -0.1) is 0 Å². The molecule has 0 aliphatic carbocycles. The summed E-state index contributed by atoms with van der Waals surface area (Å²) in [5.41, 5.74) is -0.0393. The standard InChI is InChI=1S/C11H13ClO4S/c1-7(16-2)6-17(15)8-3-4-10(12)9(5-8)11(13)14/h3-5,7H,6H2,1-2H3,(H,13,14). The average molecular weight is 277 g/mol. The Morgan fingerprint density at radius 3 is 2.76 bits per heavy atom. The molecule has 2 atom stereocenters. The van der Waals surface area contributed by atoms with Crippen LogP contribution in [0.4, 0.5) is 0 Å². The Bertz CT molecular complexity index is 447. The predicted octanol–water partition coefficient (Wildman–Crippen LogP) is 2.18. The van der Waals surface area contributed by atoms with Crippen molar-refractivity contribution in [2.24, 2.45) is 0 Å². The SMILES string of the molecule is COC(C)CS(=O)c1ccc(Cl)c(C(=O)O)c1. The van der Waals surface area contributed by atoms with E-state index in [2.05, 4.69) is 0 Å². The van der Waals surface area contributed by atoms with Crippen molar-refractivity contribution in [3.05, 3.63) is 28.8 Å². The Hall–Kier alpha value is -0.910. The molecule has 0 saturated heterocycles. The van der Waals surface area contributed by atoms with Gasteiger partial charge in [0.05, 0.1) is 33.2 Å². The van der Waals surface area contributed by atoms with Crippen molar-refractivity contribution in [2.75, 3.05) is 12.9 Å². The van der Waals surface area contributed by atoms with Crippen LogP contribution >= 0.6 is 11.6 Å². The van der Waals surface area contributed by atoms with E-state index in [9.17, 15) is 9.00 Å². The number of carbonyl (C=O) groups is 1. The molecule has 1 aromatic carbocycles. The second-order valence-electron chi connectivity index (χ2n) is 3.51. The van der Waals surface area contributed by atoms with Crippen LogP contribution in [0.5, 0.6) is 0 Å². The van der Waals surface area contributed by atoms with Crippen LogP contribution in [0.2, 0.25) is 5.02 Å². The minimum Gasteiger partial charge on any atom is -0.478 e. The quantitative estimate of drug-likeness (QED) is 0.895. The highest BCUT2D eigenvalue weighted by molar-refractivity contribution is 7.85. The molecule has 1 N–H and O–H groups in total. The van der Waals surface area contributed by atoms with Gasteiger partial charge in [0.1, 0.15) is 0 Å². The van der Waals surface area contributed by atoms with E-state index in [0.717, 1.165) is 0 Å². The predicted molar refractivity (Wildman–Crippen MR) is 66.2 cm³/mol. The molecule has 0 radical (unpaired) electrons. The highest BCUT2D eigenvalue weighted by Gasteiger charge is 2.14. The van der Waals surface area contributed by atoms with Gasteiger partial charge in [-0.1, -0.05) is 11.6 Å². The van der Waals surface area contributed by atoms with E-state index in [1.807, 2.05) is 0 Å². The van der Waals surface area contributed by atoms with Crippen LogP contribution in [-0.2, 0) is 15.5 Å². The molecule has 4 nitrogen and oxygen atoms in total. The molecule has 0 spiro atoms. The van der Waals surface area contributed by atoms with Crippen LogP contribution < -0.4 is 0 Å². The van der Waals surface area contributed by atoms with Crippen molar-refractivity contribution in [1.29, 1.82) is 0 Å². The number of hydrogen-bond donors (Lipinski definition) is 1. The first-order chi connectivity index (χ1) is 7.95. The van der Waals surface area contributed by atoms with Crippen LogP contribution in [0.3, 0.4) is 0 Å². The number of methoxy groups -OCH3 is 1. The lowest BCUT2D eigenvalue weighted by Gasteiger charge is -2.09. The van der Waals surface area contributed by atoms with Crippen molar-refractivity contribution >= 4 is 28.4 Å². The molecule has 6 heteroatoms. The summed E-state index contributed by atoms with van der Waals surface area (Å²) in [6.07, 6.45) is -0.153. The van der Waals surface area contributed by atoms with Crippen molar-refractivity contribution in [3.8, 4) is 0 Å². The molecule has 0 fully saturated rings. The number of aromatic carboxylic acids is 1. The van der Waals surface area contributed by atoms with Crippen molar-refractivity contribution < 1.29 is 18.8 Å². The van der Waals surface area contributed by atoms with Crippen LogP contribution in [0.15, 0.2) is 23.1 Å². The first kappa shape index (κ1) is 14.2. The molecule has 0 aromatic heterocycles. The lowest BCUT2D eigenvalue weighted by molar-refractivity contribution is 0.0697. The fourth-order valence-corrected chi connectivity index (χ4v) is 2.61. The molecule has 2 unspecified atom stereocenters. The second-order valence-corrected chi connectivity index (χ2v) is 5.41. The van der Waals surface area contributed by atoms with Crippen molar-refractivity contribution in [3.63, 3.8) is 0 Å². The van der Waals surface area contributed by atoms with Crippen molar-refractivity contribution in [1.82, 2.24) is 0 Å². The Morgan fingerprint density at radius 2 is 2.24 bits per heavy atom. The lowest BCUT2D eigenvalue weighted by Crippen LogP contribution is -2.15. The summed E-state index contributed by atoms with van der Waals surface area (Å²) in [7, 11) is 0.239. The molecule has 0 saturated carbocycles. The van der Waals surface area contributed by atoms with Gasteiger partial charge in [0.2, 0.25) is 0 Å². The second kappa shape index (κ2) is 6.14. The maximum absolute atomic E-state index is 11.9. The third-order valence-electron chi connectivity index (χ3n) is 2.22. The highest BCUT2D eigenvalue weighted by atomic mass is 35.5. The molecule has 17 heavy (non-hydrogen) atoms. The molecule has 0 bridgehead atoms.